The average Bonchev–Trinajstić information content (AvgIpc) is 2.87. The molecule has 0 fully saturated rings. The summed E-state index contributed by atoms with van der Waals surface area (Å²) in [5, 5.41) is 1.24. The SMILES string of the molecule is COn1c(-c2ccccc2)c(CCCN)c2ccccc21. The molecule has 0 radical (unpaired) electrons. The monoisotopic (exact) mass is 280 g/mol. The fraction of sp³-hybridized carbons (Fsp3) is 0.222. The molecule has 3 nitrogen and oxygen atoms in total. The van der Waals surface area contributed by atoms with Crippen LogP contribution in [0.2, 0.25) is 0 Å². The van der Waals surface area contributed by atoms with Crippen molar-refractivity contribution in [2.24, 2.45) is 5.73 Å². The normalized spacial score (nSPS) is 11.0. The highest BCUT2D eigenvalue weighted by Gasteiger charge is 2.18. The third-order valence-corrected chi connectivity index (χ3v) is 3.80. The molecule has 2 aromatic carbocycles. The summed E-state index contributed by atoms with van der Waals surface area (Å²) in [6.45, 7) is 0.695. The Hall–Kier alpha value is -2.26. The van der Waals surface area contributed by atoms with E-state index in [1.54, 1.807) is 7.11 Å². The van der Waals surface area contributed by atoms with Crippen molar-refractivity contribution in [1.82, 2.24) is 4.73 Å². The second kappa shape index (κ2) is 6.02. The highest BCUT2D eigenvalue weighted by molar-refractivity contribution is 5.91. The first-order valence-corrected chi connectivity index (χ1v) is 7.29. The third kappa shape index (κ3) is 2.41. The lowest BCUT2D eigenvalue weighted by atomic mass is 10.0. The summed E-state index contributed by atoms with van der Waals surface area (Å²) in [7, 11) is 1.71. The molecule has 0 spiro atoms. The molecular weight excluding hydrogens is 260 g/mol. The van der Waals surface area contributed by atoms with Gasteiger partial charge in [-0.3, -0.25) is 0 Å². The van der Waals surface area contributed by atoms with Gasteiger partial charge < -0.3 is 10.6 Å². The Morgan fingerprint density at radius 1 is 1.00 bits per heavy atom. The summed E-state index contributed by atoms with van der Waals surface area (Å²) in [4.78, 5) is 5.66. The molecule has 1 aromatic heterocycles. The molecule has 3 aromatic rings. The topological polar surface area (TPSA) is 40.2 Å². The van der Waals surface area contributed by atoms with E-state index in [4.69, 9.17) is 10.6 Å². The highest BCUT2D eigenvalue weighted by atomic mass is 16.6. The van der Waals surface area contributed by atoms with Crippen LogP contribution in [0.25, 0.3) is 22.2 Å². The zero-order chi connectivity index (χ0) is 14.7. The first kappa shape index (κ1) is 13.7. The van der Waals surface area contributed by atoms with Gasteiger partial charge in [0.25, 0.3) is 0 Å². The van der Waals surface area contributed by atoms with Gasteiger partial charge >= 0.3 is 0 Å². The molecule has 0 aliphatic rings. The molecule has 3 heteroatoms. The molecule has 0 bridgehead atoms. The molecule has 21 heavy (non-hydrogen) atoms. The average molecular weight is 280 g/mol. The Labute approximate surface area is 124 Å². The lowest BCUT2D eigenvalue weighted by Crippen LogP contribution is -2.08. The summed E-state index contributed by atoms with van der Waals surface area (Å²) in [5.74, 6) is 0. The van der Waals surface area contributed by atoms with Crippen molar-refractivity contribution >= 4 is 10.9 Å². The summed E-state index contributed by atoms with van der Waals surface area (Å²) in [6.07, 6.45) is 1.93. The van der Waals surface area contributed by atoms with E-state index in [0.29, 0.717) is 6.54 Å². The van der Waals surface area contributed by atoms with Crippen molar-refractivity contribution in [3.8, 4) is 11.3 Å². The summed E-state index contributed by atoms with van der Waals surface area (Å²) >= 11 is 0. The van der Waals surface area contributed by atoms with Crippen LogP contribution in [0.5, 0.6) is 0 Å². The largest absolute Gasteiger partial charge is 0.416 e. The van der Waals surface area contributed by atoms with Gasteiger partial charge in [0.2, 0.25) is 0 Å². The van der Waals surface area contributed by atoms with Crippen LogP contribution in [0.15, 0.2) is 54.6 Å². The smallest absolute Gasteiger partial charge is 0.104 e. The Bertz CT molecular complexity index is 732. The molecule has 0 unspecified atom stereocenters. The van der Waals surface area contributed by atoms with Crippen molar-refractivity contribution < 1.29 is 4.84 Å². The second-order valence-corrected chi connectivity index (χ2v) is 5.08. The maximum atomic E-state index is 5.71. The minimum Gasteiger partial charge on any atom is -0.416 e. The minimum absolute atomic E-state index is 0.695. The summed E-state index contributed by atoms with van der Waals surface area (Å²) < 4.78 is 1.93. The Balaban J connectivity index is 2.29. The lowest BCUT2D eigenvalue weighted by molar-refractivity contribution is 0.183. The minimum atomic E-state index is 0.695. The van der Waals surface area contributed by atoms with E-state index >= 15 is 0 Å². The van der Waals surface area contributed by atoms with Crippen molar-refractivity contribution in [1.29, 1.82) is 0 Å². The Morgan fingerprint density at radius 2 is 1.71 bits per heavy atom. The second-order valence-electron chi connectivity index (χ2n) is 5.08. The number of hydrogen-bond donors (Lipinski definition) is 1. The molecule has 0 saturated heterocycles. The molecular formula is C18H20N2O. The number of hydrogen-bond acceptors (Lipinski definition) is 2. The van der Waals surface area contributed by atoms with Crippen LogP contribution >= 0.6 is 0 Å². The number of benzene rings is 2. The molecule has 0 aliphatic carbocycles. The molecule has 0 saturated carbocycles. The maximum Gasteiger partial charge on any atom is 0.104 e. The fourth-order valence-corrected chi connectivity index (χ4v) is 2.89. The van der Waals surface area contributed by atoms with E-state index in [1.165, 1.54) is 16.5 Å². The number of fused-ring (bicyclic) bond motifs is 1. The number of nitrogens with zero attached hydrogens (tertiary/aromatic N) is 1. The predicted octanol–water partition coefficient (Wildman–Crippen LogP) is 3.26. The van der Waals surface area contributed by atoms with E-state index in [-0.39, 0.29) is 0 Å². The van der Waals surface area contributed by atoms with Gasteiger partial charge in [-0.05, 0) is 31.0 Å². The maximum absolute atomic E-state index is 5.71. The molecule has 0 aliphatic heterocycles. The molecule has 0 amide bonds. The third-order valence-electron chi connectivity index (χ3n) is 3.80. The number of rotatable bonds is 5. The molecule has 0 atom stereocenters. The van der Waals surface area contributed by atoms with Gasteiger partial charge in [-0.1, -0.05) is 48.5 Å². The molecule has 3 rings (SSSR count). The van der Waals surface area contributed by atoms with Gasteiger partial charge in [0, 0.05) is 10.9 Å². The van der Waals surface area contributed by atoms with Crippen LogP contribution in [0, 0.1) is 0 Å². The Kier molecular flexibility index (Phi) is 3.93. The Morgan fingerprint density at radius 3 is 2.43 bits per heavy atom. The zero-order valence-electron chi connectivity index (χ0n) is 12.3. The quantitative estimate of drug-likeness (QED) is 0.779. The van der Waals surface area contributed by atoms with Crippen molar-refractivity contribution in [2.45, 2.75) is 12.8 Å². The van der Waals surface area contributed by atoms with Gasteiger partial charge in [0.1, 0.15) is 7.11 Å². The van der Waals surface area contributed by atoms with Gasteiger partial charge in [-0.2, -0.15) is 4.73 Å². The van der Waals surface area contributed by atoms with Crippen LogP contribution in [-0.2, 0) is 6.42 Å². The molecule has 108 valence electrons. The molecule has 1 heterocycles. The highest BCUT2D eigenvalue weighted by Crippen LogP contribution is 2.33. The molecule has 2 N–H and O–H groups in total. The van der Waals surface area contributed by atoms with Crippen molar-refractivity contribution in [2.75, 3.05) is 13.7 Å². The van der Waals surface area contributed by atoms with E-state index in [1.807, 2.05) is 16.9 Å². The van der Waals surface area contributed by atoms with Crippen LogP contribution in [0.4, 0.5) is 0 Å². The predicted molar refractivity (Wildman–Crippen MR) is 87.3 cm³/mol. The summed E-state index contributed by atoms with van der Waals surface area (Å²) in [6, 6.07) is 18.7. The zero-order valence-corrected chi connectivity index (χ0v) is 12.3. The van der Waals surface area contributed by atoms with Crippen LogP contribution < -0.4 is 10.6 Å². The van der Waals surface area contributed by atoms with E-state index < -0.39 is 0 Å². The fourth-order valence-electron chi connectivity index (χ4n) is 2.89. The van der Waals surface area contributed by atoms with Gasteiger partial charge in [-0.15, -0.1) is 0 Å². The van der Waals surface area contributed by atoms with Crippen LogP contribution in [0.3, 0.4) is 0 Å². The van der Waals surface area contributed by atoms with E-state index in [2.05, 4.69) is 42.5 Å². The van der Waals surface area contributed by atoms with Crippen LogP contribution in [0.1, 0.15) is 12.0 Å². The van der Waals surface area contributed by atoms with Gasteiger partial charge in [-0.25, -0.2) is 0 Å². The number of nitrogens with two attached hydrogens (primary N) is 1. The van der Waals surface area contributed by atoms with Gasteiger partial charge in [0.15, 0.2) is 0 Å². The van der Waals surface area contributed by atoms with E-state index in [9.17, 15) is 0 Å². The lowest BCUT2D eigenvalue weighted by Gasteiger charge is -2.10. The first-order chi connectivity index (χ1) is 10.4. The van der Waals surface area contributed by atoms with Crippen LogP contribution in [-0.4, -0.2) is 18.4 Å². The number of para-hydroxylation sites is 1. The number of aryl methyl sites for hydroxylation is 1. The van der Waals surface area contributed by atoms with Crippen molar-refractivity contribution in [3.63, 3.8) is 0 Å². The van der Waals surface area contributed by atoms with E-state index in [0.717, 1.165) is 24.1 Å². The standard InChI is InChI=1S/C18H20N2O/c1-21-20-17-12-6-5-10-15(17)16(11-7-13-19)18(20)14-8-3-2-4-9-14/h2-6,8-10,12H,7,11,13,19H2,1H3. The first-order valence-electron chi connectivity index (χ1n) is 7.29. The number of aromatic nitrogens is 1. The summed E-state index contributed by atoms with van der Waals surface area (Å²) in [5.41, 5.74) is 10.4. The van der Waals surface area contributed by atoms with Gasteiger partial charge in [0.05, 0.1) is 11.2 Å². The van der Waals surface area contributed by atoms with Crippen molar-refractivity contribution in [3.05, 3.63) is 60.2 Å².